The molecule has 1 aromatic heterocycles. The largest absolute Gasteiger partial charge is 0.419 e. The van der Waals surface area contributed by atoms with Crippen LogP contribution >= 0.6 is 0 Å². The van der Waals surface area contributed by atoms with Gasteiger partial charge in [-0.15, -0.1) is 0 Å². The van der Waals surface area contributed by atoms with Gasteiger partial charge in [-0.2, -0.15) is 18.4 Å². The maximum atomic E-state index is 13.5. The summed E-state index contributed by atoms with van der Waals surface area (Å²) in [4.78, 5) is 5.52. The van der Waals surface area contributed by atoms with Crippen LogP contribution in [0.1, 0.15) is 11.1 Å². The van der Waals surface area contributed by atoms with Crippen LogP contribution in [-0.2, 0) is 6.18 Å². The molecule has 0 saturated carbocycles. The number of halogens is 4. The summed E-state index contributed by atoms with van der Waals surface area (Å²) in [5.41, 5.74) is -1.52. The highest BCUT2D eigenvalue weighted by molar-refractivity contribution is 5.61. The van der Waals surface area contributed by atoms with Crippen molar-refractivity contribution >= 4 is 11.5 Å². The molecule has 0 fully saturated rings. The molecular weight excluding hydrogens is 324 g/mol. The zero-order valence-electron chi connectivity index (χ0n) is 12.7. The number of pyridine rings is 1. The summed E-state index contributed by atoms with van der Waals surface area (Å²) in [5, 5.41) is 12.0. The third-order valence-corrected chi connectivity index (χ3v) is 3.34. The minimum atomic E-state index is -4.82. The minimum Gasteiger partial charge on any atom is -0.372 e. The third kappa shape index (κ3) is 4.13. The summed E-state index contributed by atoms with van der Waals surface area (Å²) in [7, 11) is 1.54. The fourth-order valence-electron chi connectivity index (χ4n) is 2.12. The Morgan fingerprint density at radius 3 is 2.62 bits per heavy atom. The molecule has 0 radical (unpaired) electrons. The van der Waals surface area contributed by atoms with E-state index >= 15 is 0 Å². The van der Waals surface area contributed by atoms with Gasteiger partial charge in [0.1, 0.15) is 17.7 Å². The van der Waals surface area contributed by atoms with Gasteiger partial charge in [0.25, 0.3) is 0 Å². The summed E-state index contributed by atoms with van der Waals surface area (Å²) >= 11 is 0. The van der Waals surface area contributed by atoms with E-state index in [0.717, 1.165) is 0 Å². The number of rotatable bonds is 5. The maximum Gasteiger partial charge on any atom is 0.419 e. The van der Waals surface area contributed by atoms with Gasteiger partial charge in [0.15, 0.2) is 0 Å². The number of nitrogens with zero attached hydrogens (tertiary/aromatic N) is 3. The van der Waals surface area contributed by atoms with Gasteiger partial charge < -0.3 is 10.2 Å². The van der Waals surface area contributed by atoms with Crippen molar-refractivity contribution < 1.29 is 17.6 Å². The number of likely N-dealkylation sites (N-methyl/N-ethyl adjacent to an activating group) is 1. The van der Waals surface area contributed by atoms with Crippen LogP contribution in [0.25, 0.3) is 0 Å². The lowest BCUT2D eigenvalue weighted by atomic mass is 10.1. The van der Waals surface area contributed by atoms with E-state index in [9.17, 15) is 17.6 Å². The van der Waals surface area contributed by atoms with Crippen LogP contribution < -0.4 is 10.2 Å². The molecule has 24 heavy (non-hydrogen) atoms. The Labute approximate surface area is 136 Å². The Hall–Kier alpha value is -2.82. The van der Waals surface area contributed by atoms with E-state index in [1.165, 1.54) is 11.9 Å². The van der Waals surface area contributed by atoms with Crippen molar-refractivity contribution in [1.29, 1.82) is 5.26 Å². The second-order valence-corrected chi connectivity index (χ2v) is 5.02. The van der Waals surface area contributed by atoms with Crippen LogP contribution in [0.4, 0.5) is 29.1 Å². The third-order valence-electron chi connectivity index (χ3n) is 3.34. The molecule has 8 heteroatoms. The number of nitrogens with one attached hydrogen (secondary N) is 1. The minimum absolute atomic E-state index is 0.0223. The zero-order chi connectivity index (χ0) is 17.7. The van der Waals surface area contributed by atoms with Crippen molar-refractivity contribution in [1.82, 2.24) is 4.98 Å². The molecule has 0 unspecified atom stereocenters. The van der Waals surface area contributed by atoms with E-state index in [4.69, 9.17) is 5.26 Å². The predicted octanol–water partition coefficient (Wildman–Crippen LogP) is 3.66. The van der Waals surface area contributed by atoms with E-state index in [1.54, 1.807) is 30.5 Å². The predicted molar refractivity (Wildman–Crippen MR) is 82.1 cm³/mol. The lowest BCUT2D eigenvalue weighted by Crippen LogP contribution is -2.26. The molecule has 0 aliphatic carbocycles. The highest BCUT2D eigenvalue weighted by Gasteiger charge is 2.35. The molecule has 1 N–H and O–H groups in total. The molecule has 0 bridgehead atoms. The molecule has 0 aliphatic heterocycles. The first-order valence-electron chi connectivity index (χ1n) is 7.00. The fraction of sp³-hybridized carbons (Fsp3) is 0.250. The molecule has 0 atom stereocenters. The second kappa shape index (κ2) is 7.17. The number of benzene rings is 1. The van der Waals surface area contributed by atoms with E-state index in [0.29, 0.717) is 31.0 Å². The summed E-state index contributed by atoms with van der Waals surface area (Å²) in [5.74, 6) is -0.829. The molecule has 2 rings (SSSR count). The molecule has 1 aromatic carbocycles. The summed E-state index contributed by atoms with van der Waals surface area (Å²) in [6, 6.07) is 8.30. The van der Waals surface area contributed by atoms with Gasteiger partial charge in [-0.3, -0.25) is 0 Å². The fourth-order valence-corrected chi connectivity index (χ4v) is 2.12. The first-order valence-corrected chi connectivity index (χ1v) is 7.00. The molecule has 0 saturated heterocycles. The van der Waals surface area contributed by atoms with Gasteiger partial charge in [-0.05, 0) is 24.3 Å². The van der Waals surface area contributed by atoms with Crippen molar-refractivity contribution in [3.05, 3.63) is 53.5 Å². The zero-order valence-corrected chi connectivity index (χ0v) is 12.7. The van der Waals surface area contributed by atoms with Gasteiger partial charge in [0.05, 0.1) is 16.8 Å². The Bertz CT molecular complexity index is 738. The van der Waals surface area contributed by atoms with E-state index < -0.39 is 17.6 Å². The van der Waals surface area contributed by atoms with Crippen LogP contribution in [0.3, 0.4) is 0 Å². The normalized spacial score (nSPS) is 11.0. The lowest BCUT2D eigenvalue weighted by Gasteiger charge is -2.22. The highest BCUT2D eigenvalue weighted by atomic mass is 19.4. The van der Waals surface area contributed by atoms with Crippen molar-refractivity contribution in [3.63, 3.8) is 0 Å². The van der Waals surface area contributed by atoms with E-state index in [1.807, 2.05) is 0 Å². The number of hydrogen-bond acceptors (Lipinski definition) is 4. The smallest absolute Gasteiger partial charge is 0.372 e. The van der Waals surface area contributed by atoms with Crippen molar-refractivity contribution in [2.24, 2.45) is 0 Å². The lowest BCUT2D eigenvalue weighted by molar-refractivity contribution is -0.139. The molecule has 0 amide bonds. The van der Waals surface area contributed by atoms with Gasteiger partial charge in [-0.25, -0.2) is 9.37 Å². The molecule has 0 aliphatic rings. The average molecular weight is 338 g/mol. The Kier molecular flexibility index (Phi) is 5.24. The van der Waals surface area contributed by atoms with Crippen molar-refractivity contribution in [2.75, 3.05) is 30.4 Å². The Morgan fingerprint density at radius 1 is 1.29 bits per heavy atom. The number of anilines is 2. The van der Waals surface area contributed by atoms with Crippen LogP contribution in [0.5, 0.6) is 0 Å². The number of alkyl halides is 3. The second-order valence-electron chi connectivity index (χ2n) is 5.02. The monoisotopic (exact) mass is 338 g/mol. The number of hydrogen-bond donors (Lipinski definition) is 1. The molecule has 2 aromatic rings. The molecular formula is C16H14F4N4. The maximum absolute atomic E-state index is 13.5. The SMILES string of the molecule is CN(CCNc1ccccn1)c1cc(C(F)(F)F)c(F)cc1C#N. The molecule has 0 spiro atoms. The average Bonchev–Trinajstić information content (AvgIpc) is 2.54. The molecule has 1 heterocycles. The van der Waals surface area contributed by atoms with Crippen LogP contribution in [0, 0.1) is 17.1 Å². The van der Waals surface area contributed by atoms with Gasteiger partial charge in [-0.1, -0.05) is 6.07 Å². The highest BCUT2D eigenvalue weighted by Crippen LogP contribution is 2.35. The number of aromatic nitrogens is 1. The Morgan fingerprint density at radius 2 is 2.04 bits per heavy atom. The quantitative estimate of drug-likeness (QED) is 0.846. The van der Waals surface area contributed by atoms with Crippen LogP contribution in [0.2, 0.25) is 0 Å². The van der Waals surface area contributed by atoms with Gasteiger partial charge >= 0.3 is 6.18 Å². The van der Waals surface area contributed by atoms with E-state index in [-0.39, 0.29) is 11.3 Å². The summed E-state index contributed by atoms with van der Waals surface area (Å²) in [6.07, 6.45) is -3.21. The van der Waals surface area contributed by atoms with Crippen molar-refractivity contribution in [3.8, 4) is 6.07 Å². The van der Waals surface area contributed by atoms with Gasteiger partial charge in [0, 0.05) is 26.3 Å². The standard InChI is InChI=1S/C16H14F4N4/c1-24(7-6-23-15-4-2-3-5-22-15)14-9-12(16(18,19)20)13(17)8-11(14)10-21/h2-5,8-9H,6-7H2,1H3,(H,22,23). The van der Waals surface area contributed by atoms with Crippen LogP contribution in [0.15, 0.2) is 36.5 Å². The topological polar surface area (TPSA) is 52.0 Å². The number of nitriles is 1. The van der Waals surface area contributed by atoms with E-state index in [2.05, 4.69) is 10.3 Å². The first-order chi connectivity index (χ1) is 11.3. The van der Waals surface area contributed by atoms with Gasteiger partial charge in [0.2, 0.25) is 0 Å². The first kappa shape index (κ1) is 17.5. The summed E-state index contributed by atoms with van der Waals surface area (Å²) < 4.78 is 52.1. The molecule has 4 nitrogen and oxygen atoms in total. The molecule has 126 valence electrons. The Balaban J connectivity index is 2.16. The summed E-state index contributed by atoms with van der Waals surface area (Å²) in [6.45, 7) is 0.686. The van der Waals surface area contributed by atoms with Crippen molar-refractivity contribution in [2.45, 2.75) is 6.18 Å². The van der Waals surface area contributed by atoms with Crippen LogP contribution in [-0.4, -0.2) is 25.1 Å².